The van der Waals surface area contributed by atoms with Crippen LogP contribution < -0.4 is 20.3 Å². The Balaban J connectivity index is 1.78. The average molecular weight is 591 g/mol. The van der Waals surface area contributed by atoms with Gasteiger partial charge in [-0.2, -0.15) is 0 Å². The van der Waals surface area contributed by atoms with Gasteiger partial charge in [-0.15, -0.1) is 13.2 Å². The van der Waals surface area contributed by atoms with Gasteiger partial charge in [0.2, 0.25) is 5.88 Å². The first-order valence-electron chi connectivity index (χ1n) is 15.4. The second-order valence-electron chi connectivity index (χ2n) is 12.2. The number of pyridine rings is 1. The van der Waals surface area contributed by atoms with E-state index in [9.17, 15) is 9.59 Å². The SMILES string of the molecule is C=CCCc1cc(C)nc(OC)c1CNC(=O)c1cccc(N(CC)C2CCC(NC(=O)OC(C)(C)C)CC2)c1CC=C. The van der Waals surface area contributed by atoms with Crippen molar-refractivity contribution in [1.82, 2.24) is 15.6 Å². The van der Waals surface area contributed by atoms with Crippen molar-refractivity contribution in [3.63, 3.8) is 0 Å². The number of hydrogen-bond acceptors (Lipinski definition) is 6. The summed E-state index contributed by atoms with van der Waals surface area (Å²) in [5, 5.41) is 6.18. The van der Waals surface area contributed by atoms with E-state index in [1.807, 2.05) is 58.0 Å². The number of nitrogens with one attached hydrogen (secondary N) is 2. The molecule has 8 nitrogen and oxygen atoms in total. The maximum Gasteiger partial charge on any atom is 0.407 e. The van der Waals surface area contributed by atoms with Gasteiger partial charge in [0.05, 0.1) is 7.11 Å². The van der Waals surface area contributed by atoms with Crippen molar-refractivity contribution in [3.05, 3.63) is 77.5 Å². The lowest BCUT2D eigenvalue weighted by Gasteiger charge is -2.39. The zero-order chi connectivity index (χ0) is 31.6. The Morgan fingerprint density at radius 2 is 1.84 bits per heavy atom. The summed E-state index contributed by atoms with van der Waals surface area (Å²) in [5.41, 5.74) is 5.00. The fourth-order valence-electron chi connectivity index (χ4n) is 5.89. The van der Waals surface area contributed by atoms with E-state index in [4.69, 9.17) is 9.47 Å². The van der Waals surface area contributed by atoms with E-state index in [0.717, 1.165) is 73.1 Å². The maximum atomic E-state index is 13.7. The lowest BCUT2D eigenvalue weighted by molar-refractivity contribution is 0.0491. The highest BCUT2D eigenvalue weighted by Crippen LogP contribution is 2.32. The summed E-state index contributed by atoms with van der Waals surface area (Å²) in [6.07, 6.45) is 9.20. The quantitative estimate of drug-likeness (QED) is 0.248. The van der Waals surface area contributed by atoms with Crippen molar-refractivity contribution in [2.75, 3.05) is 18.6 Å². The molecule has 0 unspecified atom stereocenters. The lowest BCUT2D eigenvalue weighted by atomic mass is 9.89. The number of aryl methyl sites for hydroxylation is 2. The topological polar surface area (TPSA) is 92.8 Å². The van der Waals surface area contributed by atoms with Gasteiger partial charge < -0.3 is 25.0 Å². The van der Waals surface area contributed by atoms with E-state index in [1.165, 1.54) is 0 Å². The van der Waals surface area contributed by atoms with Gasteiger partial charge >= 0.3 is 6.09 Å². The minimum atomic E-state index is -0.518. The van der Waals surface area contributed by atoms with Gasteiger partial charge in [-0.3, -0.25) is 4.79 Å². The summed E-state index contributed by atoms with van der Waals surface area (Å²) in [5.74, 6) is 0.394. The van der Waals surface area contributed by atoms with Gasteiger partial charge in [0.15, 0.2) is 0 Å². The fraction of sp³-hybridized carbons (Fsp3) is 0.514. The number of hydrogen-bond donors (Lipinski definition) is 2. The summed E-state index contributed by atoms with van der Waals surface area (Å²) >= 11 is 0. The normalized spacial score (nSPS) is 16.6. The molecule has 1 saturated carbocycles. The van der Waals surface area contributed by atoms with Crippen LogP contribution in [0.1, 0.15) is 92.5 Å². The van der Waals surface area contributed by atoms with E-state index in [2.05, 4.69) is 46.7 Å². The van der Waals surface area contributed by atoms with Crippen LogP contribution in [0, 0.1) is 6.92 Å². The Hall–Kier alpha value is -3.81. The highest BCUT2D eigenvalue weighted by atomic mass is 16.6. The Bertz CT molecular complexity index is 1280. The van der Waals surface area contributed by atoms with Crippen LogP contribution in [0.2, 0.25) is 0 Å². The zero-order valence-electron chi connectivity index (χ0n) is 26.9. The molecule has 1 aromatic carbocycles. The molecule has 3 rings (SSSR count). The lowest BCUT2D eigenvalue weighted by Crippen LogP contribution is -2.45. The number of ether oxygens (including phenoxy) is 2. The molecule has 8 heteroatoms. The maximum absolute atomic E-state index is 13.7. The van der Waals surface area contributed by atoms with Crippen LogP contribution in [0.4, 0.5) is 10.5 Å². The Morgan fingerprint density at radius 1 is 1.12 bits per heavy atom. The Kier molecular flexibility index (Phi) is 12.2. The van der Waals surface area contributed by atoms with Crippen LogP contribution >= 0.6 is 0 Å². The first-order valence-corrected chi connectivity index (χ1v) is 15.4. The summed E-state index contributed by atoms with van der Waals surface area (Å²) in [7, 11) is 1.61. The van der Waals surface area contributed by atoms with Gasteiger partial charge in [0, 0.05) is 47.7 Å². The first-order chi connectivity index (χ1) is 20.5. The number of rotatable bonds is 13. The predicted molar refractivity (Wildman–Crippen MR) is 174 cm³/mol. The second kappa shape index (κ2) is 15.6. The molecule has 0 aliphatic heterocycles. The number of alkyl carbamates (subject to hydrolysis) is 1. The van der Waals surface area contributed by atoms with Crippen LogP contribution in [0.25, 0.3) is 0 Å². The third kappa shape index (κ3) is 9.34. The average Bonchev–Trinajstić information content (AvgIpc) is 2.96. The molecule has 2 aromatic rings. The van der Waals surface area contributed by atoms with Gasteiger partial charge in [-0.05, 0) is 109 Å². The molecule has 1 aromatic heterocycles. The first kappa shape index (κ1) is 33.7. The molecular weight excluding hydrogens is 540 g/mol. The van der Waals surface area contributed by atoms with Crippen LogP contribution in [0.3, 0.4) is 0 Å². The molecule has 2 N–H and O–H groups in total. The number of allylic oxidation sites excluding steroid dienone is 2. The smallest absolute Gasteiger partial charge is 0.407 e. The molecule has 0 radical (unpaired) electrons. The minimum absolute atomic E-state index is 0.0965. The Morgan fingerprint density at radius 3 is 2.44 bits per heavy atom. The molecule has 43 heavy (non-hydrogen) atoms. The highest BCUT2D eigenvalue weighted by molar-refractivity contribution is 5.97. The summed E-state index contributed by atoms with van der Waals surface area (Å²) < 4.78 is 11.0. The van der Waals surface area contributed by atoms with E-state index in [1.54, 1.807) is 7.11 Å². The number of aromatic nitrogens is 1. The van der Waals surface area contributed by atoms with Crippen LogP contribution in [-0.2, 0) is 24.1 Å². The number of benzene rings is 1. The molecule has 0 bridgehead atoms. The van der Waals surface area contributed by atoms with E-state index in [-0.39, 0.29) is 18.0 Å². The third-order valence-corrected chi connectivity index (χ3v) is 7.80. The molecule has 0 saturated heterocycles. The fourth-order valence-corrected chi connectivity index (χ4v) is 5.89. The van der Waals surface area contributed by atoms with Crippen molar-refractivity contribution in [3.8, 4) is 5.88 Å². The second-order valence-corrected chi connectivity index (χ2v) is 12.2. The number of carbonyl (C=O) groups excluding carboxylic acids is 2. The van der Waals surface area contributed by atoms with E-state index >= 15 is 0 Å². The van der Waals surface area contributed by atoms with Crippen molar-refractivity contribution in [1.29, 1.82) is 0 Å². The largest absolute Gasteiger partial charge is 0.481 e. The zero-order valence-corrected chi connectivity index (χ0v) is 26.9. The summed E-state index contributed by atoms with van der Waals surface area (Å²) in [6, 6.07) is 8.39. The predicted octanol–water partition coefficient (Wildman–Crippen LogP) is 6.84. The number of amides is 2. The van der Waals surface area contributed by atoms with Crippen molar-refractivity contribution in [2.24, 2.45) is 0 Å². The van der Waals surface area contributed by atoms with Crippen LogP contribution in [-0.4, -0.2) is 48.3 Å². The number of methoxy groups -OCH3 is 1. The van der Waals surface area contributed by atoms with Crippen molar-refractivity contribution < 1.29 is 19.1 Å². The molecule has 1 aliphatic rings. The van der Waals surface area contributed by atoms with Gasteiger partial charge in [-0.25, -0.2) is 9.78 Å². The van der Waals surface area contributed by atoms with E-state index < -0.39 is 5.60 Å². The molecule has 0 atom stereocenters. The summed E-state index contributed by atoms with van der Waals surface area (Å²) in [6.45, 7) is 18.7. The van der Waals surface area contributed by atoms with Crippen molar-refractivity contribution >= 4 is 17.7 Å². The van der Waals surface area contributed by atoms with Crippen molar-refractivity contribution in [2.45, 2.75) is 104 Å². The molecular formula is C35H50N4O4. The summed E-state index contributed by atoms with van der Waals surface area (Å²) in [4.78, 5) is 32.9. The van der Waals surface area contributed by atoms with E-state index in [0.29, 0.717) is 30.5 Å². The standard InChI is InChI=1S/C35H50N4O4/c1-9-12-15-25-22-24(4)37-33(42-8)30(25)23-36-32(40)29-16-13-17-31(28(29)14-10-2)39(11-3)27-20-18-26(19-21-27)38-34(41)43-35(5,6)7/h9-10,13,16-17,22,26-27H,1-2,11-12,14-15,18-21,23H2,3-8H3,(H,36,40)(H,38,41). The Labute approximate surface area is 257 Å². The molecule has 1 heterocycles. The van der Waals surface area contributed by atoms with Crippen LogP contribution in [0.5, 0.6) is 5.88 Å². The van der Waals surface area contributed by atoms with Crippen LogP contribution in [0.15, 0.2) is 49.6 Å². The monoisotopic (exact) mass is 590 g/mol. The minimum Gasteiger partial charge on any atom is -0.481 e. The number of nitrogens with zero attached hydrogens (tertiary/aromatic N) is 2. The molecule has 1 aliphatic carbocycles. The number of carbonyl (C=O) groups is 2. The highest BCUT2D eigenvalue weighted by Gasteiger charge is 2.29. The van der Waals surface area contributed by atoms with Gasteiger partial charge in [0.25, 0.3) is 5.91 Å². The molecule has 0 spiro atoms. The molecule has 2 amide bonds. The number of anilines is 1. The van der Waals surface area contributed by atoms with Gasteiger partial charge in [0.1, 0.15) is 5.60 Å². The molecule has 1 fully saturated rings. The van der Waals surface area contributed by atoms with Gasteiger partial charge in [-0.1, -0.05) is 18.2 Å². The third-order valence-electron chi connectivity index (χ3n) is 7.80. The molecule has 234 valence electrons.